The minimum absolute atomic E-state index is 0.00756. The van der Waals surface area contributed by atoms with E-state index in [0.717, 1.165) is 5.56 Å². The Morgan fingerprint density at radius 1 is 1.12 bits per heavy atom. The van der Waals surface area contributed by atoms with Crippen molar-refractivity contribution >= 4 is 17.3 Å². The summed E-state index contributed by atoms with van der Waals surface area (Å²) >= 11 is 0. The van der Waals surface area contributed by atoms with Crippen LogP contribution in [-0.2, 0) is 0 Å². The quantitative estimate of drug-likeness (QED) is 0.427. The molecule has 0 atom stereocenters. The van der Waals surface area contributed by atoms with E-state index < -0.39 is 4.92 Å². The third-order valence-electron chi connectivity index (χ3n) is 3.84. The van der Waals surface area contributed by atoms with Crippen molar-refractivity contribution in [3.05, 3.63) is 57.6 Å². The minimum Gasteiger partial charge on any atom is -0.496 e. The normalized spacial score (nSPS) is 10.1. The fraction of sp³-hybridized carbons (Fsp3) is 0.278. The van der Waals surface area contributed by atoms with Gasteiger partial charge in [-0.15, -0.1) is 0 Å². The summed E-state index contributed by atoms with van der Waals surface area (Å²) < 4.78 is 10.5. The summed E-state index contributed by atoms with van der Waals surface area (Å²) in [7, 11) is 3.06. The first-order chi connectivity index (χ1) is 12.5. The van der Waals surface area contributed by atoms with Crippen LogP contribution in [0.4, 0.5) is 11.4 Å². The average Bonchev–Trinajstić information content (AvgIpc) is 2.65. The van der Waals surface area contributed by atoms with Crippen LogP contribution in [-0.4, -0.2) is 38.1 Å². The standard InChI is InChI=1S/C18H21N3O5/c1-12-16(25-2)10-13(11-17(12)26-3)18(22)20-9-8-19-14-6-4-5-7-15(14)21(23)24/h4-7,10-11,19H,8-9H2,1-3H3,(H,20,22). The highest BCUT2D eigenvalue weighted by Gasteiger charge is 2.14. The van der Waals surface area contributed by atoms with Gasteiger partial charge in [-0.1, -0.05) is 12.1 Å². The van der Waals surface area contributed by atoms with Crippen molar-refractivity contribution in [3.63, 3.8) is 0 Å². The van der Waals surface area contributed by atoms with Crippen molar-refractivity contribution in [2.75, 3.05) is 32.6 Å². The third-order valence-corrected chi connectivity index (χ3v) is 3.84. The molecule has 0 saturated heterocycles. The first-order valence-corrected chi connectivity index (χ1v) is 7.96. The number of ether oxygens (including phenoxy) is 2. The molecule has 1 amide bonds. The van der Waals surface area contributed by atoms with Crippen molar-refractivity contribution in [2.24, 2.45) is 0 Å². The van der Waals surface area contributed by atoms with Gasteiger partial charge in [0.2, 0.25) is 0 Å². The molecule has 0 spiro atoms. The lowest BCUT2D eigenvalue weighted by atomic mass is 10.1. The monoisotopic (exact) mass is 359 g/mol. The lowest BCUT2D eigenvalue weighted by Crippen LogP contribution is -2.29. The maximum Gasteiger partial charge on any atom is 0.292 e. The van der Waals surface area contributed by atoms with Crippen molar-refractivity contribution in [1.82, 2.24) is 5.32 Å². The third kappa shape index (κ3) is 4.41. The van der Waals surface area contributed by atoms with E-state index in [1.165, 1.54) is 20.3 Å². The van der Waals surface area contributed by atoms with Gasteiger partial charge in [0.15, 0.2) is 0 Å². The maximum atomic E-state index is 12.3. The van der Waals surface area contributed by atoms with Gasteiger partial charge in [0, 0.05) is 30.3 Å². The SMILES string of the molecule is COc1cc(C(=O)NCCNc2ccccc2[N+](=O)[O-])cc(OC)c1C. The number of anilines is 1. The second kappa shape index (κ2) is 8.70. The van der Waals surface area contributed by atoms with Crippen molar-refractivity contribution in [3.8, 4) is 11.5 Å². The molecular weight excluding hydrogens is 338 g/mol. The Morgan fingerprint density at radius 2 is 1.73 bits per heavy atom. The molecule has 2 rings (SSSR count). The number of amides is 1. The largest absolute Gasteiger partial charge is 0.496 e. The lowest BCUT2D eigenvalue weighted by Gasteiger charge is -2.13. The zero-order valence-corrected chi connectivity index (χ0v) is 14.9. The Kier molecular flexibility index (Phi) is 6.37. The number of methoxy groups -OCH3 is 2. The van der Waals surface area contributed by atoms with Gasteiger partial charge in [0.1, 0.15) is 17.2 Å². The number of nitro groups is 1. The molecule has 0 aliphatic heterocycles. The summed E-state index contributed by atoms with van der Waals surface area (Å²) in [4.78, 5) is 22.8. The Labute approximate surface area is 151 Å². The van der Waals surface area contributed by atoms with E-state index in [1.807, 2.05) is 6.92 Å². The first kappa shape index (κ1) is 19.0. The van der Waals surface area contributed by atoms with Crippen LogP contribution in [0.2, 0.25) is 0 Å². The molecule has 2 aromatic carbocycles. The molecule has 0 heterocycles. The summed E-state index contributed by atoms with van der Waals surface area (Å²) in [5.41, 5.74) is 1.62. The topological polar surface area (TPSA) is 103 Å². The van der Waals surface area contributed by atoms with E-state index in [-0.39, 0.29) is 11.6 Å². The number of benzene rings is 2. The van der Waals surface area contributed by atoms with Gasteiger partial charge in [-0.3, -0.25) is 14.9 Å². The zero-order valence-electron chi connectivity index (χ0n) is 14.9. The zero-order chi connectivity index (χ0) is 19.1. The molecule has 0 unspecified atom stereocenters. The summed E-state index contributed by atoms with van der Waals surface area (Å²) in [6.45, 7) is 2.48. The molecule has 2 N–H and O–H groups in total. The first-order valence-electron chi connectivity index (χ1n) is 7.96. The number of nitrogens with one attached hydrogen (secondary N) is 2. The highest BCUT2D eigenvalue weighted by Crippen LogP contribution is 2.29. The molecule has 0 fully saturated rings. The van der Waals surface area contributed by atoms with E-state index in [1.54, 1.807) is 30.3 Å². The van der Waals surface area contributed by atoms with Crippen molar-refractivity contribution < 1.29 is 19.2 Å². The van der Waals surface area contributed by atoms with E-state index in [4.69, 9.17) is 9.47 Å². The molecule has 26 heavy (non-hydrogen) atoms. The van der Waals surface area contributed by atoms with Crippen LogP contribution in [0.3, 0.4) is 0 Å². The second-order valence-corrected chi connectivity index (χ2v) is 5.46. The molecule has 0 saturated carbocycles. The Balaban J connectivity index is 1.97. The average molecular weight is 359 g/mol. The molecule has 138 valence electrons. The minimum atomic E-state index is -0.453. The molecule has 8 heteroatoms. The van der Waals surface area contributed by atoms with Crippen LogP contribution in [0.1, 0.15) is 15.9 Å². The molecule has 8 nitrogen and oxygen atoms in total. The molecule has 0 bridgehead atoms. The summed E-state index contributed by atoms with van der Waals surface area (Å²) in [5, 5.41) is 16.7. The predicted octanol–water partition coefficient (Wildman–Crippen LogP) is 2.76. The lowest BCUT2D eigenvalue weighted by molar-refractivity contribution is -0.384. The molecule has 0 aromatic heterocycles. The molecule has 0 aliphatic carbocycles. The van der Waals surface area contributed by atoms with Gasteiger partial charge in [0.05, 0.1) is 19.1 Å². The molecular formula is C18H21N3O5. The van der Waals surface area contributed by atoms with Crippen LogP contribution in [0.15, 0.2) is 36.4 Å². The Hall–Kier alpha value is -3.29. The van der Waals surface area contributed by atoms with E-state index in [2.05, 4.69) is 10.6 Å². The Bertz CT molecular complexity index is 782. The Morgan fingerprint density at radius 3 is 2.31 bits per heavy atom. The van der Waals surface area contributed by atoms with Gasteiger partial charge < -0.3 is 20.1 Å². The van der Waals surface area contributed by atoms with Crippen LogP contribution < -0.4 is 20.1 Å². The molecule has 2 aromatic rings. The van der Waals surface area contributed by atoms with Crippen LogP contribution in [0.5, 0.6) is 11.5 Å². The number of rotatable bonds is 8. The number of carbonyl (C=O) groups excluding carboxylic acids is 1. The van der Waals surface area contributed by atoms with Crippen molar-refractivity contribution in [1.29, 1.82) is 0 Å². The van der Waals surface area contributed by atoms with Gasteiger partial charge >= 0.3 is 0 Å². The summed E-state index contributed by atoms with van der Waals surface area (Å²) in [5.74, 6) is 0.839. The van der Waals surface area contributed by atoms with Crippen LogP contribution in [0, 0.1) is 17.0 Å². The molecule has 0 aliphatic rings. The van der Waals surface area contributed by atoms with E-state index >= 15 is 0 Å². The van der Waals surface area contributed by atoms with Gasteiger partial charge in [-0.25, -0.2) is 0 Å². The number of hydrogen-bond donors (Lipinski definition) is 2. The number of nitro benzene ring substituents is 1. The second-order valence-electron chi connectivity index (χ2n) is 5.46. The summed E-state index contributed by atoms with van der Waals surface area (Å²) in [6.07, 6.45) is 0. The maximum absolute atomic E-state index is 12.3. The van der Waals surface area contributed by atoms with Gasteiger partial charge in [-0.05, 0) is 25.1 Å². The fourth-order valence-electron chi connectivity index (χ4n) is 2.47. The van der Waals surface area contributed by atoms with Crippen LogP contribution in [0.25, 0.3) is 0 Å². The molecule has 0 radical (unpaired) electrons. The highest BCUT2D eigenvalue weighted by atomic mass is 16.6. The highest BCUT2D eigenvalue weighted by molar-refractivity contribution is 5.95. The predicted molar refractivity (Wildman–Crippen MR) is 98.2 cm³/mol. The van der Waals surface area contributed by atoms with Crippen LogP contribution >= 0.6 is 0 Å². The number of nitrogens with zero attached hydrogens (tertiary/aromatic N) is 1. The number of hydrogen-bond acceptors (Lipinski definition) is 6. The van der Waals surface area contributed by atoms with E-state index in [0.29, 0.717) is 35.8 Å². The smallest absolute Gasteiger partial charge is 0.292 e. The number of para-hydroxylation sites is 2. The van der Waals surface area contributed by atoms with Crippen molar-refractivity contribution in [2.45, 2.75) is 6.92 Å². The summed E-state index contributed by atoms with van der Waals surface area (Å²) in [6, 6.07) is 9.63. The van der Waals surface area contributed by atoms with E-state index in [9.17, 15) is 14.9 Å². The number of carbonyl (C=O) groups is 1. The van der Waals surface area contributed by atoms with Gasteiger partial charge in [0.25, 0.3) is 11.6 Å². The fourth-order valence-corrected chi connectivity index (χ4v) is 2.47. The van der Waals surface area contributed by atoms with Gasteiger partial charge in [-0.2, -0.15) is 0 Å².